The molecule has 0 heterocycles. The summed E-state index contributed by atoms with van der Waals surface area (Å²) in [6.07, 6.45) is 7.76. The highest BCUT2D eigenvalue weighted by atomic mass is 16.3. The Bertz CT molecular complexity index is 132. The van der Waals surface area contributed by atoms with Gasteiger partial charge in [0.25, 0.3) is 0 Å². The van der Waals surface area contributed by atoms with Crippen molar-refractivity contribution >= 4 is 0 Å². The Morgan fingerprint density at radius 3 is 2.78 bits per heavy atom. The zero-order chi connectivity index (χ0) is 7.11. The van der Waals surface area contributed by atoms with Gasteiger partial charge in [-0.05, 0) is 18.6 Å². The van der Waals surface area contributed by atoms with Crippen molar-refractivity contribution in [3.63, 3.8) is 0 Å². The van der Waals surface area contributed by atoms with E-state index in [1.807, 2.05) is 13.0 Å². The number of aliphatic hydroxyl groups is 1. The maximum absolute atomic E-state index is 8.78. The minimum absolute atomic E-state index is 0.208. The standard InChI is InChI=1S/C8H12O/c1-3-5-6-7-8(9)4-2/h4-7,9H,2-3H2,1H3. The van der Waals surface area contributed by atoms with Crippen molar-refractivity contribution in [2.24, 2.45) is 0 Å². The number of hydrogen-bond acceptors (Lipinski definition) is 1. The van der Waals surface area contributed by atoms with E-state index < -0.39 is 0 Å². The Morgan fingerprint density at radius 1 is 1.67 bits per heavy atom. The van der Waals surface area contributed by atoms with Gasteiger partial charge in [0, 0.05) is 0 Å². The first-order chi connectivity index (χ1) is 4.31. The molecule has 1 nitrogen and oxygen atoms in total. The van der Waals surface area contributed by atoms with E-state index in [1.54, 1.807) is 12.2 Å². The first-order valence-electron chi connectivity index (χ1n) is 2.99. The van der Waals surface area contributed by atoms with Crippen LogP contribution >= 0.6 is 0 Å². The van der Waals surface area contributed by atoms with E-state index in [-0.39, 0.29) is 5.76 Å². The predicted molar refractivity (Wildman–Crippen MR) is 40.3 cm³/mol. The highest BCUT2D eigenvalue weighted by molar-refractivity contribution is 5.14. The normalized spacial score (nSPS) is 12.3. The quantitative estimate of drug-likeness (QED) is 0.453. The van der Waals surface area contributed by atoms with Crippen LogP contribution in [0.5, 0.6) is 0 Å². The molecule has 0 aromatic heterocycles. The minimum Gasteiger partial charge on any atom is -0.508 e. The van der Waals surface area contributed by atoms with Crippen molar-refractivity contribution in [3.8, 4) is 0 Å². The molecule has 0 aromatic carbocycles. The smallest absolute Gasteiger partial charge is 0.114 e. The summed E-state index contributed by atoms with van der Waals surface area (Å²) in [5.41, 5.74) is 0. The Balaban J connectivity index is 3.68. The third-order valence-corrected chi connectivity index (χ3v) is 0.848. The summed E-state index contributed by atoms with van der Waals surface area (Å²) in [6, 6.07) is 0. The Kier molecular flexibility index (Phi) is 4.60. The van der Waals surface area contributed by atoms with Crippen molar-refractivity contribution in [1.82, 2.24) is 0 Å². The second-order valence-corrected chi connectivity index (χ2v) is 1.63. The van der Waals surface area contributed by atoms with Crippen molar-refractivity contribution in [3.05, 3.63) is 36.6 Å². The monoisotopic (exact) mass is 124 g/mol. The lowest BCUT2D eigenvalue weighted by molar-refractivity contribution is 0.433. The summed E-state index contributed by atoms with van der Waals surface area (Å²) in [4.78, 5) is 0. The van der Waals surface area contributed by atoms with Gasteiger partial charge in [-0.15, -0.1) is 0 Å². The third kappa shape index (κ3) is 4.88. The molecule has 1 heteroatoms. The molecule has 50 valence electrons. The van der Waals surface area contributed by atoms with Gasteiger partial charge >= 0.3 is 0 Å². The van der Waals surface area contributed by atoms with Gasteiger partial charge < -0.3 is 5.11 Å². The molecule has 0 saturated heterocycles. The van der Waals surface area contributed by atoms with Crippen LogP contribution < -0.4 is 0 Å². The number of hydrogen-bond donors (Lipinski definition) is 1. The summed E-state index contributed by atoms with van der Waals surface area (Å²) >= 11 is 0. The lowest BCUT2D eigenvalue weighted by Gasteiger charge is -1.82. The molecule has 0 amide bonds. The van der Waals surface area contributed by atoms with E-state index in [1.165, 1.54) is 6.08 Å². The molecule has 1 N–H and O–H groups in total. The topological polar surface area (TPSA) is 20.2 Å². The predicted octanol–water partition coefficient (Wildman–Crippen LogP) is 2.58. The Morgan fingerprint density at radius 2 is 2.33 bits per heavy atom. The van der Waals surface area contributed by atoms with Crippen LogP contribution in [0.1, 0.15) is 13.3 Å². The number of allylic oxidation sites excluding steroid dienone is 4. The Hall–Kier alpha value is -0.980. The summed E-state index contributed by atoms with van der Waals surface area (Å²) in [5.74, 6) is 0.208. The van der Waals surface area contributed by atoms with Crippen molar-refractivity contribution in [2.45, 2.75) is 13.3 Å². The molecule has 0 aliphatic rings. The first kappa shape index (κ1) is 8.02. The van der Waals surface area contributed by atoms with Gasteiger partial charge in [-0.2, -0.15) is 0 Å². The summed E-state index contributed by atoms with van der Waals surface area (Å²) in [5, 5.41) is 8.78. The first-order valence-corrected chi connectivity index (χ1v) is 2.99. The molecule has 0 atom stereocenters. The van der Waals surface area contributed by atoms with Crippen LogP contribution in [0.25, 0.3) is 0 Å². The molecule has 0 aliphatic carbocycles. The van der Waals surface area contributed by atoms with E-state index in [2.05, 4.69) is 6.58 Å². The number of aliphatic hydroxyl groups excluding tert-OH is 1. The molecule has 0 fully saturated rings. The summed E-state index contributed by atoms with van der Waals surface area (Å²) < 4.78 is 0. The van der Waals surface area contributed by atoms with E-state index in [9.17, 15) is 0 Å². The second kappa shape index (κ2) is 5.16. The van der Waals surface area contributed by atoms with Gasteiger partial charge in [0.2, 0.25) is 0 Å². The van der Waals surface area contributed by atoms with Crippen molar-refractivity contribution in [1.29, 1.82) is 0 Å². The van der Waals surface area contributed by atoms with Crippen LogP contribution in [0, 0.1) is 0 Å². The SMILES string of the molecule is C=CC(O)=CC=CCC. The maximum Gasteiger partial charge on any atom is 0.114 e. The molecule has 0 aliphatic heterocycles. The molecule has 0 rings (SSSR count). The average Bonchev–Trinajstić information content (AvgIpc) is 1.89. The molecular formula is C8H12O. The third-order valence-electron chi connectivity index (χ3n) is 0.848. The molecular weight excluding hydrogens is 112 g/mol. The molecule has 9 heavy (non-hydrogen) atoms. The highest BCUT2D eigenvalue weighted by Gasteiger charge is 1.74. The van der Waals surface area contributed by atoms with Crippen LogP contribution in [0.4, 0.5) is 0 Å². The lowest BCUT2D eigenvalue weighted by Crippen LogP contribution is -1.67. The molecule has 0 radical (unpaired) electrons. The van der Waals surface area contributed by atoms with E-state index in [0.717, 1.165) is 6.42 Å². The Labute approximate surface area is 56.0 Å². The van der Waals surface area contributed by atoms with Gasteiger partial charge in [0.05, 0.1) is 0 Å². The fraction of sp³-hybridized carbons (Fsp3) is 0.250. The molecule has 0 bridgehead atoms. The van der Waals surface area contributed by atoms with Gasteiger partial charge in [0.15, 0.2) is 0 Å². The van der Waals surface area contributed by atoms with Gasteiger partial charge in [-0.1, -0.05) is 25.7 Å². The molecule has 0 aromatic rings. The lowest BCUT2D eigenvalue weighted by atomic mass is 10.3. The van der Waals surface area contributed by atoms with E-state index in [0.29, 0.717) is 0 Å². The van der Waals surface area contributed by atoms with Gasteiger partial charge in [-0.3, -0.25) is 0 Å². The molecule has 0 saturated carbocycles. The van der Waals surface area contributed by atoms with Crippen LogP contribution in [0.3, 0.4) is 0 Å². The zero-order valence-corrected chi connectivity index (χ0v) is 5.67. The van der Waals surface area contributed by atoms with Gasteiger partial charge in [-0.25, -0.2) is 0 Å². The zero-order valence-electron chi connectivity index (χ0n) is 5.67. The molecule has 0 unspecified atom stereocenters. The fourth-order valence-corrected chi connectivity index (χ4v) is 0.371. The van der Waals surface area contributed by atoms with E-state index in [4.69, 9.17) is 5.11 Å². The minimum atomic E-state index is 0.208. The van der Waals surface area contributed by atoms with Crippen LogP contribution in [-0.2, 0) is 0 Å². The van der Waals surface area contributed by atoms with Gasteiger partial charge in [0.1, 0.15) is 5.76 Å². The largest absolute Gasteiger partial charge is 0.508 e. The van der Waals surface area contributed by atoms with Crippen molar-refractivity contribution in [2.75, 3.05) is 0 Å². The average molecular weight is 124 g/mol. The fourth-order valence-electron chi connectivity index (χ4n) is 0.371. The maximum atomic E-state index is 8.78. The second-order valence-electron chi connectivity index (χ2n) is 1.63. The summed E-state index contributed by atoms with van der Waals surface area (Å²) in [7, 11) is 0. The highest BCUT2D eigenvalue weighted by Crippen LogP contribution is 1.89. The van der Waals surface area contributed by atoms with Crippen molar-refractivity contribution < 1.29 is 5.11 Å². The summed E-state index contributed by atoms with van der Waals surface area (Å²) in [6.45, 7) is 5.42. The van der Waals surface area contributed by atoms with Crippen LogP contribution in [0.15, 0.2) is 36.6 Å². The van der Waals surface area contributed by atoms with Crippen LogP contribution in [0.2, 0.25) is 0 Å². The van der Waals surface area contributed by atoms with E-state index >= 15 is 0 Å². The van der Waals surface area contributed by atoms with Crippen LogP contribution in [-0.4, -0.2) is 5.11 Å². The molecule has 0 spiro atoms. The number of rotatable bonds is 3.